The summed E-state index contributed by atoms with van der Waals surface area (Å²) in [6.45, 7) is 5.03. The fourth-order valence-corrected chi connectivity index (χ4v) is 4.74. The van der Waals surface area contributed by atoms with Gasteiger partial charge in [-0.15, -0.1) is 21.5 Å². The van der Waals surface area contributed by atoms with Gasteiger partial charge >= 0.3 is 0 Å². The van der Waals surface area contributed by atoms with E-state index in [0.717, 1.165) is 25.6 Å². The molecule has 2 aromatic rings. The first-order chi connectivity index (χ1) is 10.8. The van der Waals surface area contributed by atoms with Crippen LogP contribution in [0, 0.1) is 12.8 Å². The standard InChI is InChI=1S/C17H23N3OS/c1-12-5-6-15(22-12)17-19-18-16-14(4-2-3-9-20(16)17)13-7-10-21-11-8-13/h5-6,13-14H,2-4,7-11H2,1H3. The molecule has 1 fully saturated rings. The molecule has 0 saturated carbocycles. The molecule has 2 aromatic heterocycles. The zero-order valence-corrected chi connectivity index (χ0v) is 13.9. The Kier molecular flexibility index (Phi) is 4.01. The summed E-state index contributed by atoms with van der Waals surface area (Å²) in [7, 11) is 0. The SMILES string of the molecule is Cc1ccc(-c2nnc3n2CCCCC3C2CCOCC2)s1. The van der Waals surface area contributed by atoms with E-state index < -0.39 is 0 Å². The van der Waals surface area contributed by atoms with Crippen LogP contribution in [0.5, 0.6) is 0 Å². The summed E-state index contributed by atoms with van der Waals surface area (Å²) in [5, 5.41) is 9.20. The molecule has 0 aliphatic carbocycles. The topological polar surface area (TPSA) is 39.9 Å². The number of hydrogen-bond acceptors (Lipinski definition) is 4. The molecule has 0 amide bonds. The Morgan fingerprint density at radius 1 is 1.14 bits per heavy atom. The van der Waals surface area contributed by atoms with E-state index in [2.05, 4.69) is 33.8 Å². The summed E-state index contributed by atoms with van der Waals surface area (Å²) in [5.41, 5.74) is 0. The van der Waals surface area contributed by atoms with Crippen molar-refractivity contribution in [2.24, 2.45) is 5.92 Å². The van der Waals surface area contributed by atoms with Gasteiger partial charge in [-0.1, -0.05) is 6.42 Å². The number of hydrogen-bond donors (Lipinski definition) is 0. The van der Waals surface area contributed by atoms with Gasteiger partial charge in [0.1, 0.15) is 5.82 Å². The Balaban J connectivity index is 1.70. The number of aryl methyl sites for hydroxylation is 1. The molecule has 1 unspecified atom stereocenters. The smallest absolute Gasteiger partial charge is 0.174 e. The second kappa shape index (κ2) is 6.13. The van der Waals surface area contributed by atoms with Gasteiger partial charge in [0.2, 0.25) is 0 Å². The molecule has 2 aliphatic heterocycles. The average Bonchev–Trinajstić information content (AvgIpc) is 3.09. The number of ether oxygens (including phenoxy) is 1. The first-order valence-electron chi connectivity index (χ1n) is 8.40. The zero-order chi connectivity index (χ0) is 14.9. The fraction of sp³-hybridized carbons (Fsp3) is 0.647. The van der Waals surface area contributed by atoms with Crippen molar-refractivity contribution in [3.63, 3.8) is 0 Å². The van der Waals surface area contributed by atoms with Gasteiger partial charge in [-0.25, -0.2) is 0 Å². The highest BCUT2D eigenvalue weighted by molar-refractivity contribution is 7.15. The Morgan fingerprint density at radius 2 is 2.00 bits per heavy atom. The molecule has 1 saturated heterocycles. The van der Waals surface area contributed by atoms with E-state index in [-0.39, 0.29) is 0 Å². The number of fused-ring (bicyclic) bond motifs is 1. The van der Waals surface area contributed by atoms with Crippen LogP contribution in [0.15, 0.2) is 12.1 Å². The van der Waals surface area contributed by atoms with Gasteiger partial charge in [-0.05, 0) is 50.7 Å². The van der Waals surface area contributed by atoms with E-state index in [1.165, 1.54) is 47.7 Å². The lowest BCUT2D eigenvalue weighted by Gasteiger charge is -2.28. The van der Waals surface area contributed by atoms with Crippen LogP contribution in [0.25, 0.3) is 10.7 Å². The summed E-state index contributed by atoms with van der Waals surface area (Å²) >= 11 is 1.82. The highest BCUT2D eigenvalue weighted by Crippen LogP contribution is 2.39. The maximum absolute atomic E-state index is 5.55. The minimum Gasteiger partial charge on any atom is -0.381 e. The van der Waals surface area contributed by atoms with E-state index in [1.807, 2.05) is 11.3 Å². The van der Waals surface area contributed by atoms with Gasteiger partial charge in [-0.3, -0.25) is 0 Å². The second-order valence-electron chi connectivity index (χ2n) is 6.50. The average molecular weight is 317 g/mol. The fourth-order valence-electron chi connectivity index (χ4n) is 3.87. The third-order valence-electron chi connectivity index (χ3n) is 5.05. The predicted octanol–water partition coefficient (Wildman–Crippen LogP) is 4.01. The summed E-state index contributed by atoms with van der Waals surface area (Å²) in [5.74, 6) is 3.58. The van der Waals surface area contributed by atoms with Crippen molar-refractivity contribution in [1.82, 2.24) is 14.8 Å². The van der Waals surface area contributed by atoms with Gasteiger partial charge in [0.25, 0.3) is 0 Å². The third kappa shape index (κ3) is 2.61. The summed E-state index contributed by atoms with van der Waals surface area (Å²) in [6.07, 6.45) is 6.14. The molecule has 22 heavy (non-hydrogen) atoms. The van der Waals surface area contributed by atoms with Crippen LogP contribution >= 0.6 is 11.3 Å². The van der Waals surface area contributed by atoms with Crippen molar-refractivity contribution < 1.29 is 4.74 Å². The molecule has 4 rings (SSSR count). The van der Waals surface area contributed by atoms with Gasteiger partial charge in [0.05, 0.1) is 4.88 Å². The highest BCUT2D eigenvalue weighted by Gasteiger charge is 2.31. The van der Waals surface area contributed by atoms with Crippen LogP contribution in [0.3, 0.4) is 0 Å². The minimum absolute atomic E-state index is 0.564. The largest absolute Gasteiger partial charge is 0.381 e. The van der Waals surface area contributed by atoms with Crippen molar-refractivity contribution in [3.8, 4) is 10.7 Å². The maximum atomic E-state index is 5.55. The van der Waals surface area contributed by atoms with Crippen molar-refractivity contribution in [3.05, 3.63) is 22.8 Å². The van der Waals surface area contributed by atoms with Crippen LogP contribution in [-0.4, -0.2) is 28.0 Å². The normalized spacial score (nSPS) is 23.2. The van der Waals surface area contributed by atoms with E-state index in [4.69, 9.17) is 4.74 Å². The van der Waals surface area contributed by atoms with Gasteiger partial charge < -0.3 is 9.30 Å². The van der Waals surface area contributed by atoms with Crippen LogP contribution in [0.1, 0.15) is 48.7 Å². The summed E-state index contributed by atoms with van der Waals surface area (Å²) < 4.78 is 7.95. The van der Waals surface area contributed by atoms with Crippen LogP contribution in [0.2, 0.25) is 0 Å². The van der Waals surface area contributed by atoms with Crippen LogP contribution in [-0.2, 0) is 11.3 Å². The Bertz CT molecular complexity index is 642. The monoisotopic (exact) mass is 317 g/mol. The van der Waals surface area contributed by atoms with Crippen molar-refractivity contribution in [2.45, 2.75) is 51.5 Å². The molecule has 2 aliphatic rings. The predicted molar refractivity (Wildman–Crippen MR) is 88.2 cm³/mol. The minimum atomic E-state index is 0.564. The lowest BCUT2D eigenvalue weighted by Crippen LogP contribution is -2.23. The Labute approximate surface area is 135 Å². The molecule has 5 heteroatoms. The molecule has 4 nitrogen and oxygen atoms in total. The molecule has 0 N–H and O–H groups in total. The first kappa shape index (κ1) is 14.4. The zero-order valence-electron chi connectivity index (χ0n) is 13.1. The molecule has 118 valence electrons. The van der Waals surface area contributed by atoms with Gasteiger partial charge in [0, 0.05) is 30.6 Å². The molecule has 0 radical (unpaired) electrons. The van der Waals surface area contributed by atoms with E-state index in [0.29, 0.717) is 11.8 Å². The molecule has 0 aromatic carbocycles. The lowest BCUT2D eigenvalue weighted by molar-refractivity contribution is 0.0556. The molecule has 4 heterocycles. The Morgan fingerprint density at radius 3 is 2.77 bits per heavy atom. The first-order valence-corrected chi connectivity index (χ1v) is 9.22. The molecule has 0 bridgehead atoms. The van der Waals surface area contributed by atoms with Crippen molar-refractivity contribution in [1.29, 1.82) is 0 Å². The van der Waals surface area contributed by atoms with Crippen LogP contribution in [0.4, 0.5) is 0 Å². The van der Waals surface area contributed by atoms with Crippen LogP contribution < -0.4 is 0 Å². The second-order valence-corrected chi connectivity index (χ2v) is 7.78. The van der Waals surface area contributed by atoms with E-state index in [9.17, 15) is 0 Å². The van der Waals surface area contributed by atoms with E-state index >= 15 is 0 Å². The number of thiophene rings is 1. The lowest BCUT2D eigenvalue weighted by atomic mass is 9.82. The Hall–Kier alpha value is -1.20. The quantitative estimate of drug-likeness (QED) is 0.840. The van der Waals surface area contributed by atoms with Crippen molar-refractivity contribution in [2.75, 3.05) is 13.2 Å². The number of rotatable bonds is 2. The van der Waals surface area contributed by atoms with Gasteiger partial charge in [-0.2, -0.15) is 0 Å². The summed E-state index contributed by atoms with van der Waals surface area (Å²) in [6, 6.07) is 4.36. The number of aromatic nitrogens is 3. The molecule has 0 spiro atoms. The third-order valence-corrected chi connectivity index (χ3v) is 6.05. The number of nitrogens with zero attached hydrogens (tertiary/aromatic N) is 3. The molecular formula is C17H23N3OS. The van der Waals surface area contributed by atoms with E-state index in [1.54, 1.807) is 0 Å². The highest BCUT2D eigenvalue weighted by atomic mass is 32.1. The molecule has 1 atom stereocenters. The maximum Gasteiger partial charge on any atom is 0.174 e. The molecular weight excluding hydrogens is 294 g/mol. The van der Waals surface area contributed by atoms with Gasteiger partial charge in [0.15, 0.2) is 5.82 Å². The van der Waals surface area contributed by atoms with Crippen molar-refractivity contribution >= 4 is 11.3 Å². The summed E-state index contributed by atoms with van der Waals surface area (Å²) in [4.78, 5) is 2.59.